The van der Waals surface area contributed by atoms with E-state index in [-0.39, 0.29) is 18.3 Å². The Morgan fingerprint density at radius 3 is 2.33 bits per heavy atom. The molecule has 0 aliphatic carbocycles. The molecule has 1 heterocycles. The Bertz CT molecular complexity index is 472. The standard InChI is InChI=1S/C14H20N4O2.ClH/c15-14(20)18-12-5-3-11(4-6-12)17-13(19)8-7-10-2-1-9-16-10;/h3-6,10,16H,1-2,7-9H2,(H,17,19)(H3,15,18,20);1H. The van der Waals surface area contributed by atoms with E-state index in [1.54, 1.807) is 24.3 Å². The van der Waals surface area contributed by atoms with Crippen LogP contribution < -0.4 is 21.7 Å². The number of nitrogens with one attached hydrogen (secondary N) is 3. The van der Waals surface area contributed by atoms with Crippen LogP contribution in [0.15, 0.2) is 24.3 Å². The highest BCUT2D eigenvalue weighted by atomic mass is 35.5. The van der Waals surface area contributed by atoms with Crippen LogP contribution >= 0.6 is 12.4 Å². The van der Waals surface area contributed by atoms with Gasteiger partial charge in [-0.15, -0.1) is 12.4 Å². The Morgan fingerprint density at radius 1 is 1.19 bits per heavy atom. The summed E-state index contributed by atoms with van der Waals surface area (Å²) >= 11 is 0. The van der Waals surface area contributed by atoms with Crippen molar-refractivity contribution in [3.8, 4) is 0 Å². The largest absolute Gasteiger partial charge is 0.351 e. The Kier molecular flexibility index (Phi) is 6.98. The average Bonchev–Trinajstić information content (AvgIpc) is 2.91. The van der Waals surface area contributed by atoms with Crippen molar-refractivity contribution in [2.45, 2.75) is 31.7 Å². The molecule has 0 aromatic heterocycles. The molecule has 1 aromatic rings. The van der Waals surface area contributed by atoms with Crippen LogP contribution in [0, 0.1) is 0 Å². The fraction of sp³-hybridized carbons (Fsp3) is 0.429. The Hall–Kier alpha value is -1.79. The number of rotatable bonds is 5. The number of hydrogen-bond donors (Lipinski definition) is 4. The average molecular weight is 313 g/mol. The van der Waals surface area contributed by atoms with Crippen molar-refractivity contribution in [2.24, 2.45) is 5.73 Å². The summed E-state index contributed by atoms with van der Waals surface area (Å²) in [6, 6.07) is 6.72. The van der Waals surface area contributed by atoms with E-state index in [0.717, 1.165) is 19.4 Å². The molecule has 1 aliphatic rings. The Balaban J connectivity index is 0.00000220. The molecule has 116 valence electrons. The summed E-state index contributed by atoms with van der Waals surface area (Å²) in [4.78, 5) is 22.5. The number of carbonyl (C=O) groups is 2. The molecule has 0 radical (unpaired) electrons. The summed E-state index contributed by atoms with van der Waals surface area (Å²) in [5, 5.41) is 8.67. The second-order valence-corrected chi connectivity index (χ2v) is 4.95. The van der Waals surface area contributed by atoms with E-state index >= 15 is 0 Å². The monoisotopic (exact) mass is 312 g/mol. The third-order valence-corrected chi connectivity index (χ3v) is 3.32. The molecule has 6 nitrogen and oxygen atoms in total. The third kappa shape index (κ3) is 6.01. The first-order valence-corrected chi connectivity index (χ1v) is 6.83. The summed E-state index contributed by atoms with van der Waals surface area (Å²) in [7, 11) is 0. The molecule has 0 spiro atoms. The number of nitrogens with two attached hydrogens (primary N) is 1. The van der Waals surface area contributed by atoms with Gasteiger partial charge in [0.1, 0.15) is 0 Å². The van der Waals surface area contributed by atoms with E-state index in [1.165, 1.54) is 6.42 Å². The van der Waals surface area contributed by atoms with Crippen molar-refractivity contribution in [1.29, 1.82) is 0 Å². The lowest BCUT2D eigenvalue weighted by atomic mass is 10.1. The summed E-state index contributed by atoms with van der Waals surface area (Å²) in [5.74, 6) is 0.00862. The maximum atomic E-state index is 11.8. The zero-order chi connectivity index (χ0) is 14.4. The van der Waals surface area contributed by atoms with E-state index in [2.05, 4.69) is 16.0 Å². The van der Waals surface area contributed by atoms with Crippen LogP contribution in [0.25, 0.3) is 0 Å². The van der Waals surface area contributed by atoms with Crippen molar-refractivity contribution in [1.82, 2.24) is 5.32 Å². The minimum Gasteiger partial charge on any atom is -0.351 e. The first-order chi connectivity index (χ1) is 9.63. The normalized spacial score (nSPS) is 16.9. The second-order valence-electron chi connectivity index (χ2n) is 4.95. The molecule has 7 heteroatoms. The van der Waals surface area contributed by atoms with Crippen molar-refractivity contribution >= 4 is 35.7 Å². The number of halogens is 1. The first-order valence-electron chi connectivity index (χ1n) is 6.83. The molecule has 21 heavy (non-hydrogen) atoms. The molecule has 1 aliphatic heterocycles. The molecule has 0 bridgehead atoms. The minimum atomic E-state index is -0.606. The van der Waals surface area contributed by atoms with Gasteiger partial charge < -0.3 is 21.7 Å². The van der Waals surface area contributed by atoms with Crippen LogP contribution in [0.5, 0.6) is 0 Å². The van der Waals surface area contributed by atoms with Crippen LogP contribution in [0.3, 0.4) is 0 Å². The van der Waals surface area contributed by atoms with Gasteiger partial charge in [-0.05, 0) is 50.1 Å². The topological polar surface area (TPSA) is 96.2 Å². The van der Waals surface area contributed by atoms with Gasteiger partial charge in [0.25, 0.3) is 0 Å². The maximum absolute atomic E-state index is 11.8. The van der Waals surface area contributed by atoms with Crippen LogP contribution in [0.2, 0.25) is 0 Å². The molecule has 1 unspecified atom stereocenters. The van der Waals surface area contributed by atoms with Crippen molar-refractivity contribution in [3.63, 3.8) is 0 Å². The fourth-order valence-corrected chi connectivity index (χ4v) is 2.31. The van der Waals surface area contributed by atoms with Crippen molar-refractivity contribution < 1.29 is 9.59 Å². The summed E-state index contributed by atoms with van der Waals surface area (Å²) in [5.41, 5.74) is 6.33. The van der Waals surface area contributed by atoms with E-state index in [0.29, 0.717) is 23.8 Å². The van der Waals surface area contributed by atoms with Crippen molar-refractivity contribution in [2.75, 3.05) is 17.2 Å². The van der Waals surface area contributed by atoms with Gasteiger partial charge in [-0.3, -0.25) is 4.79 Å². The molecule has 1 saturated heterocycles. The molecule has 5 N–H and O–H groups in total. The zero-order valence-electron chi connectivity index (χ0n) is 11.7. The van der Waals surface area contributed by atoms with E-state index in [1.807, 2.05) is 0 Å². The summed E-state index contributed by atoms with van der Waals surface area (Å²) in [6.45, 7) is 1.06. The number of amides is 3. The quantitative estimate of drug-likeness (QED) is 0.670. The number of carbonyl (C=O) groups excluding carboxylic acids is 2. The third-order valence-electron chi connectivity index (χ3n) is 3.32. The number of benzene rings is 1. The number of primary amides is 1. The predicted molar refractivity (Wildman–Crippen MR) is 85.8 cm³/mol. The lowest BCUT2D eigenvalue weighted by Crippen LogP contribution is -2.23. The Morgan fingerprint density at radius 2 is 1.81 bits per heavy atom. The van der Waals surface area contributed by atoms with Gasteiger partial charge in [0.2, 0.25) is 5.91 Å². The highest BCUT2D eigenvalue weighted by Crippen LogP contribution is 2.15. The number of urea groups is 1. The van der Waals surface area contributed by atoms with Crippen LogP contribution in [0.4, 0.5) is 16.2 Å². The van der Waals surface area contributed by atoms with Gasteiger partial charge in [0.05, 0.1) is 0 Å². The number of hydrogen-bond acceptors (Lipinski definition) is 3. The molecule has 1 fully saturated rings. The van der Waals surface area contributed by atoms with Gasteiger partial charge in [-0.1, -0.05) is 0 Å². The van der Waals surface area contributed by atoms with Crippen LogP contribution in [-0.4, -0.2) is 24.5 Å². The van der Waals surface area contributed by atoms with Gasteiger partial charge in [-0.25, -0.2) is 4.79 Å². The maximum Gasteiger partial charge on any atom is 0.316 e. The summed E-state index contributed by atoms with van der Waals surface area (Å²) < 4.78 is 0. The molecular formula is C14H21ClN4O2. The first kappa shape index (κ1) is 17.3. The SMILES string of the molecule is Cl.NC(=O)Nc1ccc(NC(=O)CCC2CCCN2)cc1. The van der Waals surface area contributed by atoms with E-state index < -0.39 is 6.03 Å². The molecule has 1 atom stereocenters. The van der Waals surface area contributed by atoms with Crippen LogP contribution in [0.1, 0.15) is 25.7 Å². The van der Waals surface area contributed by atoms with Gasteiger partial charge in [-0.2, -0.15) is 0 Å². The molecule has 2 rings (SSSR count). The Labute approximate surface area is 130 Å². The summed E-state index contributed by atoms with van der Waals surface area (Å²) in [6.07, 6.45) is 3.73. The molecule has 0 saturated carbocycles. The van der Waals surface area contributed by atoms with Gasteiger partial charge in [0, 0.05) is 23.8 Å². The van der Waals surface area contributed by atoms with Crippen LogP contribution in [-0.2, 0) is 4.79 Å². The lowest BCUT2D eigenvalue weighted by Gasteiger charge is -2.10. The minimum absolute atomic E-state index is 0. The smallest absolute Gasteiger partial charge is 0.316 e. The zero-order valence-corrected chi connectivity index (χ0v) is 12.5. The number of anilines is 2. The van der Waals surface area contributed by atoms with Gasteiger partial charge >= 0.3 is 6.03 Å². The van der Waals surface area contributed by atoms with Gasteiger partial charge in [0.15, 0.2) is 0 Å². The fourth-order valence-electron chi connectivity index (χ4n) is 2.31. The highest BCUT2D eigenvalue weighted by molar-refractivity contribution is 5.92. The van der Waals surface area contributed by atoms with Crippen molar-refractivity contribution in [3.05, 3.63) is 24.3 Å². The molecular weight excluding hydrogens is 292 g/mol. The highest BCUT2D eigenvalue weighted by Gasteiger charge is 2.15. The van der Waals surface area contributed by atoms with E-state index in [4.69, 9.17) is 5.73 Å². The second kappa shape index (κ2) is 8.49. The molecule has 3 amide bonds. The lowest BCUT2D eigenvalue weighted by molar-refractivity contribution is -0.116. The van der Waals surface area contributed by atoms with E-state index in [9.17, 15) is 9.59 Å². The predicted octanol–water partition coefficient (Wildman–Crippen LogP) is 2.07. The molecule has 1 aromatic carbocycles.